The van der Waals surface area contributed by atoms with E-state index in [4.69, 9.17) is 21.5 Å². The number of ketones is 1. The molecule has 3 aromatic rings. The summed E-state index contributed by atoms with van der Waals surface area (Å²) in [7, 11) is 0. The molecule has 1 heterocycles. The Morgan fingerprint density at radius 1 is 1.14 bits per heavy atom. The summed E-state index contributed by atoms with van der Waals surface area (Å²) in [6.45, 7) is 0. The van der Waals surface area contributed by atoms with E-state index in [1.807, 2.05) is 17.5 Å². The number of thiophene rings is 1. The average molecular weight is 415 g/mol. The van der Waals surface area contributed by atoms with Crippen molar-refractivity contribution in [2.24, 2.45) is 0 Å². The molecule has 0 atom stereocenters. The van der Waals surface area contributed by atoms with Crippen LogP contribution in [0.15, 0.2) is 66.1 Å². The van der Waals surface area contributed by atoms with Crippen molar-refractivity contribution in [1.29, 1.82) is 0 Å². The molecule has 0 saturated heterocycles. The summed E-state index contributed by atoms with van der Waals surface area (Å²) >= 11 is 7.47. The van der Waals surface area contributed by atoms with Crippen LogP contribution in [0.4, 0.5) is 5.69 Å². The number of esters is 1. The number of carbonyl (C=O) groups is 2. The van der Waals surface area contributed by atoms with Crippen molar-refractivity contribution < 1.29 is 19.5 Å². The van der Waals surface area contributed by atoms with E-state index < -0.39 is 5.97 Å². The van der Waals surface area contributed by atoms with Gasteiger partial charge in [0.15, 0.2) is 5.78 Å². The minimum atomic E-state index is -0.722. The van der Waals surface area contributed by atoms with Gasteiger partial charge in [-0.2, -0.15) is 0 Å². The zero-order valence-electron chi connectivity index (χ0n) is 14.2. The molecular weight excluding hydrogens is 402 g/mol. The highest BCUT2D eigenvalue weighted by Crippen LogP contribution is 2.25. The smallest absolute Gasteiger partial charge is 0.343 e. The molecule has 8 heteroatoms. The van der Waals surface area contributed by atoms with Gasteiger partial charge in [-0.05, 0) is 66.1 Å². The number of nitrogens with zero attached hydrogens (tertiary/aromatic N) is 1. The lowest BCUT2D eigenvalue weighted by Crippen LogP contribution is -2.12. The van der Waals surface area contributed by atoms with Gasteiger partial charge in [0.05, 0.1) is 16.8 Å². The van der Waals surface area contributed by atoms with Crippen LogP contribution in [0, 0.1) is 5.21 Å². The Morgan fingerprint density at radius 2 is 1.89 bits per heavy atom. The number of rotatable bonds is 6. The predicted octanol–water partition coefficient (Wildman–Crippen LogP) is 5.21. The first-order valence-electron chi connectivity index (χ1n) is 7.98. The molecule has 0 radical (unpaired) electrons. The largest absolute Gasteiger partial charge is 0.733 e. The lowest BCUT2D eigenvalue weighted by Gasteiger charge is -2.21. The van der Waals surface area contributed by atoms with Crippen molar-refractivity contribution in [2.45, 2.75) is 0 Å². The van der Waals surface area contributed by atoms with Gasteiger partial charge in [0.2, 0.25) is 0 Å². The maximum absolute atomic E-state index is 12.6. The molecule has 0 amide bonds. The molecule has 28 heavy (non-hydrogen) atoms. The second-order valence-corrected chi connectivity index (χ2v) is 6.98. The van der Waals surface area contributed by atoms with Crippen LogP contribution >= 0.6 is 22.9 Å². The molecule has 0 aliphatic carbocycles. The number of halogens is 1. The van der Waals surface area contributed by atoms with E-state index in [1.54, 1.807) is 6.08 Å². The summed E-state index contributed by atoms with van der Waals surface area (Å²) < 4.78 is 5.34. The Kier molecular flexibility index (Phi) is 6.23. The standard InChI is InChI=1S/C20H13ClNO5S/c21-14-5-10-19(17(12-14)18(23)9-8-16-2-1-11-28-16)27-20(24)13-3-6-15(7-4-13)22(25)26/h1-12,25H/q-1. The summed E-state index contributed by atoms with van der Waals surface area (Å²) in [5.41, 5.74) is 0.261. The first-order valence-corrected chi connectivity index (χ1v) is 9.23. The molecule has 0 bridgehead atoms. The van der Waals surface area contributed by atoms with Crippen molar-refractivity contribution in [3.63, 3.8) is 0 Å². The molecule has 1 aromatic heterocycles. The third-order valence-corrected chi connectivity index (χ3v) is 4.75. The molecule has 0 aliphatic rings. The van der Waals surface area contributed by atoms with Crippen LogP contribution in [-0.2, 0) is 0 Å². The molecule has 6 nitrogen and oxygen atoms in total. The van der Waals surface area contributed by atoms with Gasteiger partial charge in [-0.25, -0.2) is 4.79 Å². The van der Waals surface area contributed by atoms with Crippen LogP contribution in [0.5, 0.6) is 5.75 Å². The minimum absolute atomic E-state index is 0.0300. The highest BCUT2D eigenvalue weighted by molar-refractivity contribution is 7.10. The Labute approximate surface area is 169 Å². The Morgan fingerprint density at radius 3 is 2.54 bits per heavy atom. The molecule has 142 valence electrons. The molecule has 0 aliphatic heterocycles. The van der Waals surface area contributed by atoms with Gasteiger partial charge in [-0.15, -0.1) is 11.3 Å². The average Bonchev–Trinajstić information content (AvgIpc) is 3.21. The normalized spacial score (nSPS) is 10.8. The van der Waals surface area contributed by atoms with Crippen LogP contribution in [0.3, 0.4) is 0 Å². The highest BCUT2D eigenvalue weighted by Gasteiger charge is 2.16. The van der Waals surface area contributed by atoms with Gasteiger partial charge < -0.3 is 15.2 Å². The second kappa shape index (κ2) is 8.81. The fourth-order valence-electron chi connectivity index (χ4n) is 2.30. The van der Waals surface area contributed by atoms with Crippen LogP contribution in [0.25, 0.3) is 6.08 Å². The lowest BCUT2D eigenvalue weighted by atomic mass is 10.1. The van der Waals surface area contributed by atoms with Crippen LogP contribution in [0.1, 0.15) is 25.6 Å². The second-order valence-electron chi connectivity index (χ2n) is 5.56. The highest BCUT2D eigenvalue weighted by atomic mass is 35.5. The number of carbonyl (C=O) groups excluding carboxylic acids is 2. The topological polar surface area (TPSA) is 89.9 Å². The molecule has 3 rings (SSSR count). The number of hydrogen-bond acceptors (Lipinski definition) is 7. The molecular formula is C20H13ClNO5S-. The third-order valence-electron chi connectivity index (χ3n) is 3.68. The number of anilines is 1. The number of ether oxygens (including phenoxy) is 1. The molecule has 0 fully saturated rings. The van der Waals surface area contributed by atoms with Gasteiger partial charge >= 0.3 is 5.97 Å². The van der Waals surface area contributed by atoms with E-state index in [0.717, 1.165) is 4.88 Å². The van der Waals surface area contributed by atoms with Crippen molar-refractivity contribution in [1.82, 2.24) is 0 Å². The van der Waals surface area contributed by atoms with Crippen LogP contribution < -0.4 is 9.96 Å². The Bertz CT molecular complexity index is 1010. The van der Waals surface area contributed by atoms with Gasteiger partial charge in [-0.3, -0.25) is 10.0 Å². The minimum Gasteiger partial charge on any atom is -0.733 e. The first-order chi connectivity index (χ1) is 13.4. The number of hydrogen-bond donors (Lipinski definition) is 1. The fraction of sp³-hybridized carbons (Fsp3) is 0. The maximum Gasteiger partial charge on any atom is 0.343 e. The first kappa shape index (κ1) is 19.8. The quantitative estimate of drug-likeness (QED) is 0.196. The van der Waals surface area contributed by atoms with E-state index in [0.29, 0.717) is 5.02 Å². The molecule has 1 N–H and O–H groups in total. The van der Waals surface area contributed by atoms with E-state index in [9.17, 15) is 14.8 Å². The van der Waals surface area contributed by atoms with Crippen LogP contribution in [0.2, 0.25) is 5.02 Å². The summed E-state index contributed by atoms with van der Waals surface area (Å²) in [5, 5.41) is 21.6. The summed E-state index contributed by atoms with van der Waals surface area (Å²) in [5.74, 6) is -1.02. The Hall–Kier alpha value is -2.97. The van der Waals surface area contributed by atoms with Gasteiger partial charge in [0.1, 0.15) is 5.75 Å². The molecule has 0 saturated carbocycles. The maximum atomic E-state index is 12.6. The molecule has 0 unspecified atom stereocenters. The van der Waals surface area contributed by atoms with Crippen LogP contribution in [-0.4, -0.2) is 17.0 Å². The monoisotopic (exact) mass is 414 g/mol. The van der Waals surface area contributed by atoms with E-state index >= 15 is 0 Å². The zero-order chi connectivity index (χ0) is 20.1. The van der Waals surface area contributed by atoms with E-state index in [2.05, 4.69) is 0 Å². The fourth-order valence-corrected chi connectivity index (χ4v) is 3.09. The van der Waals surface area contributed by atoms with Crippen molar-refractivity contribution in [2.75, 3.05) is 5.23 Å². The van der Waals surface area contributed by atoms with Crippen molar-refractivity contribution >= 4 is 46.5 Å². The number of benzene rings is 2. The summed E-state index contributed by atoms with van der Waals surface area (Å²) in [6.07, 6.45) is 3.05. The predicted molar refractivity (Wildman–Crippen MR) is 108 cm³/mol. The van der Waals surface area contributed by atoms with Crippen molar-refractivity contribution in [3.8, 4) is 5.75 Å². The van der Waals surface area contributed by atoms with Gasteiger partial charge in [0.25, 0.3) is 0 Å². The van der Waals surface area contributed by atoms with E-state index in [1.165, 1.54) is 59.9 Å². The third kappa shape index (κ3) is 4.85. The van der Waals surface area contributed by atoms with Gasteiger partial charge in [-0.1, -0.05) is 17.7 Å². The number of allylic oxidation sites excluding steroid dienone is 1. The van der Waals surface area contributed by atoms with Crippen molar-refractivity contribution in [3.05, 3.63) is 92.3 Å². The summed E-state index contributed by atoms with van der Waals surface area (Å²) in [6, 6.07) is 13.3. The summed E-state index contributed by atoms with van der Waals surface area (Å²) in [4.78, 5) is 25.8. The van der Waals surface area contributed by atoms with E-state index in [-0.39, 0.29) is 33.6 Å². The molecule has 0 spiro atoms. The Balaban J connectivity index is 1.81. The van der Waals surface area contributed by atoms with Gasteiger partial charge in [0, 0.05) is 9.90 Å². The SMILES string of the molecule is O=C(Oc1ccc(Cl)cc1C(=O)C=Cc1cccs1)c1ccc(N([O-])O)cc1. The molecule has 2 aromatic carbocycles. The zero-order valence-corrected chi connectivity index (χ0v) is 15.8. The lowest BCUT2D eigenvalue weighted by molar-refractivity contribution is 0.0733.